The Labute approximate surface area is 169 Å². The summed E-state index contributed by atoms with van der Waals surface area (Å²) in [5.74, 6) is 0.731. The first-order valence-corrected chi connectivity index (χ1v) is 9.30. The van der Waals surface area contributed by atoms with Crippen LogP contribution in [0.25, 0.3) is 0 Å². The molecule has 2 N–H and O–H groups in total. The molecule has 0 aliphatic carbocycles. The number of pyridine rings is 1. The molecule has 0 saturated heterocycles. The summed E-state index contributed by atoms with van der Waals surface area (Å²) < 4.78 is 11.2. The zero-order valence-corrected chi connectivity index (χ0v) is 16.7. The summed E-state index contributed by atoms with van der Waals surface area (Å²) in [6.07, 6.45) is 0. The number of aromatic nitrogens is 1. The van der Waals surface area contributed by atoms with Crippen LogP contribution >= 0.6 is 0 Å². The predicted octanol–water partition coefficient (Wildman–Crippen LogP) is 3.51. The SMILES string of the molecule is COc1cc(C(=O)NCc2c(C)cc(C)[nH]c2=O)ccc1OCc1ccccc1. The number of carbonyl (C=O) groups excluding carboxylic acids is 1. The quantitative estimate of drug-likeness (QED) is 0.645. The van der Waals surface area contributed by atoms with Crippen molar-refractivity contribution < 1.29 is 14.3 Å². The third-order valence-corrected chi connectivity index (χ3v) is 4.58. The standard InChI is InChI=1S/C23H24N2O4/c1-15-11-16(2)25-23(27)19(15)13-24-22(26)18-9-10-20(21(12-18)28-3)29-14-17-7-5-4-6-8-17/h4-12H,13-14H2,1-3H3,(H,24,26)(H,25,27). The van der Waals surface area contributed by atoms with E-state index in [4.69, 9.17) is 9.47 Å². The minimum absolute atomic E-state index is 0.148. The largest absolute Gasteiger partial charge is 0.493 e. The summed E-state index contributed by atoms with van der Waals surface area (Å²) in [6, 6.07) is 16.7. The molecule has 0 radical (unpaired) electrons. The van der Waals surface area contributed by atoms with E-state index in [2.05, 4.69) is 10.3 Å². The van der Waals surface area contributed by atoms with Gasteiger partial charge < -0.3 is 19.8 Å². The summed E-state index contributed by atoms with van der Waals surface area (Å²) in [4.78, 5) is 27.4. The van der Waals surface area contributed by atoms with E-state index < -0.39 is 0 Å². The van der Waals surface area contributed by atoms with Crippen LogP contribution < -0.4 is 20.3 Å². The Morgan fingerprint density at radius 1 is 1.03 bits per heavy atom. The Morgan fingerprint density at radius 2 is 1.79 bits per heavy atom. The van der Waals surface area contributed by atoms with Crippen molar-refractivity contribution in [2.75, 3.05) is 7.11 Å². The molecule has 0 unspecified atom stereocenters. The highest BCUT2D eigenvalue weighted by atomic mass is 16.5. The fraction of sp³-hybridized carbons (Fsp3) is 0.217. The highest BCUT2D eigenvalue weighted by Crippen LogP contribution is 2.29. The van der Waals surface area contributed by atoms with Gasteiger partial charge in [0.15, 0.2) is 11.5 Å². The fourth-order valence-corrected chi connectivity index (χ4v) is 3.04. The van der Waals surface area contributed by atoms with Gasteiger partial charge in [0.1, 0.15) is 6.61 Å². The van der Waals surface area contributed by atoms with E-state index in [-0.39, 0.29) is 18.0 Å². The molecule has 29 heavy (non-hydrogen) atoms. The molecule has 0 aliphatic rings. The third kappa shape index (κ3) is 5.04. The van der Waals surface area contributed by atoms with E-state index in [1.807, 2.05) is 50.2 Å². The van der Waals surface area contributed by atoms with E-state index in [9.17, 15) is 9.59 Å². The molecule has 0 saturated carbocycles. The van der Waals surface area contributed by atoms with Gasteiger partial charge in [-0.3, -0.25) is 9.59 Å². The number of nitrogens with one attached hydrogen (secondary N) is 2. The molecule has 6 nitrogen and oxygen atoms in total. The highest BCUT2D eigenvalue weighted by molar-refractivity contribution is 5.94. The molecule has 2 aromatic carbocycles. The maximum atomic E-state index is 12.5. The average molecular weight is 392 g/mol. The zero-order chi connectivity index (χ0) is 20.8. The summed E-state index contributed by atoms with van der Waals surface area (Å²) in [5.41, 5.74) is 3.45. The molecule has 0 atom stereocenters. The van der Waals surface area contributed by atoms with Crippen molar-refractivity contribution in [1.29, 1.82) is 0 Å². The summed E-state index contributed by atoms with van der Waals surface area (Å²) in [6.45, 7) is 4.23. The predicted molar refractivity (Wildman–Crippen MR) is 111 cm³/mol. The van der Waals surface area contributed by atoms with Crippen molar-refractivity contribution in [2.45, 2.75) is 27.0 Å². The molecule has 0 aliphatic heterocycles. The van der Waals surface area contributed by atoms with Crippen LogP contribution in [-0.4, -0.2) is 18.0 Å². The van der Waals surface area contributed by atoms with Crippen molar-refractivity contribution in [3.05, 3.63) is 92.9 Å². The van der Waals surface area contributed by atoms with Gasteiger partial charge in [0.05, 0.1) is 7.11 Å². The van der Waals surface area contributed by atoms with Crippen LogP contribution in [0.15, 0.2) is 59.4 Å². The maximum absolute atomic E-state index is 12.5. The van der Waals surface area contributed by atoms with Gasteiger partial charge in [-0.2, -0.15) is 0 Å². The summed E-state index contributed by atoms with van der Waals surface area (Å²) in [7, 11) is 1.53. The van der Waals surface area contributed by atoms with Gasteiger partial charge in [-0.25, -0.2) is 0 Å². The first-order valence-electron chi connectivity index (χ1n) is 9.30. The summed E-state index contributed by atoms with van der Waals surface area (Å²) >= 11 is 0. The van der Waals surface area contributed by atoms with Crippen LogP contribution in [0.3, 0.4) is 0 Å². The van der Waals surface area contributed by atoms with E-state index in [1.54, 1.807) is 18.2 Å². The number of hydrogen-bond donors (Lipinski definition) is 2. The second-order valence-electron chi connectivity index (χ2n) is 6.77. The molecule has 0 spiro atoms. The average Bonchev–Trinajstić information content (AvgIpc) is 2.72. The van der Waals surface area contributed by atoms with Gasteiger partial charge in [0.2, 0.25) is 0 Å². The minimum atomic E-state index is -0.294. The second kappa shape index (κ2) is 9.10. The number of benzene rings is 2. The van der Waals surface area contributed by atoms with Crippen molar-refractivity contribution in [3.8, 4) is 11.5 Å². The van der Waals surface area contributed by atoms with Crippen molar-refractivity contribution in [3.63, 3.8) is 0 Å². The number of aromatic amines is 1. The normalized spacial score (nSPS) is 10.4. The molecule has 1 aromatic heterocycles. The monoisotopic (exact) mass is 392 g/mol. The number of carbonyl (C=O) groups is 1. The van der Waals surface area contributed by atoms with Crippen LogP contribution in [0.2, 0.25) is 0 Å². The lowest BCUT2D eigenvalue weighted by Crippen LogP contribution is -2.27. The Bertz CT molecular complexity index is 1060. The number of amides is 1. The summed E-state index contributed by atoms with van der Waals surface area (Å²) in [5, 5.41) is 2.79. The number of methoxy groups -OCH3 is 1. The van der Waals surface area contributed by atoms with E-state index >= 15 is 0 Å². The van der Waals surface area contributed by atoms with Gasteiger partial charge in [-0.15, -0.1) is 0 Å². The van der Waals surface area contributed by atoms with Crippen LogP contribution in [-0.2, 0) is 13.2 Å². The number of ether oxygens (including phenoxy) is 2. The minimum Gasteiger partial charge on any atom is -0.493 e. The Kier molecular flexibility index (Phi) is 6.34. The molecule has 3 aromatic rings. The van der Waals surface area contributed by atoms with Gasteiger partial charge >= 0.3 is 0 Å². The highest BCUT2D eigenvalue weighted by Gasteiger charge is 2.13. The van der Waals surface area contributed by atoms with Crippen LogP contribution in [0.1, 0.15) is 32.7 Å². The maximum Gasteiger partial charge on any atom is 0.253 e. The van der Waals surface area contributed by atoms with Gasteiger partial charge in [0.25, 0.3) is 11.5 Å². The number of hydrogen-bond acceptors (Lipinski definition) is 4. The van der Waals surface area contributed by atoms with Gasteiger partial charge in [-0.05, 0) is 49.2 Å². The lowest BCUT2D eigenvalue weighted by Gasteiger charge is -2.13. The second-order valence-corrected chi connectivity index (χ2v) is 6.77. The van der Waals surface area contributed by atoms with E-state index in [0.717, 1.165) is 16.8 Å². The van der Waals surface area contributed by atoms with E-state index in [0.29, 0.717) is 29.2 Å². The first-order chi connectivity index (χ1) is 14.0. The molecular formula is C23H24N2O4. The molecule has 1 heterocycles. The third-order valence-electron chi connectivity index (χ3n) is 4.58. The Balaban J connectivity index is 1.69. The fourth-order valence-electron chi connectivity index (χ4n) is 3.04. The first kappa shape index (κ1) is 20.2. The van der Waals surface area contributed by atoms with Crippen LogP contribution in [0.5, 0.6) is 11.5 Å². The number of rotatable bonds is 7. The van der Waals surface area contributed by atoms with Crippen molar-refractivity contribution in [1.82, 2.24) is 10.3 Å². The number of aryl methyl sites for hydroxylation is 2. The molecule has 6 heteroatoms. The van der Waals surface area contributed by atoms with Gasteiger partial charge in [0, 0.05) is 23.4 Å². The molecule has 150 valence electrons. The Morgan fingerprint density at radius 3 is 2.48 bits per heavy atom. The van der Waals surface area contributed by atoms with Crippen molar-refractivity contribution >= 4 is 5.91 Å². The number of H-pyrrole nitrogens is 1. The molecule has 0 bridgehead atoms. The molecule has 1 amide bonds. The lowest BCUT2D eigenvalue weighted by atomic mass is 10.1. The van der Waals surface area contributed by atoms with Crippen LogP contribution in [0, 0.1) is 13.8 Å². The lowest BCUT2D eigenvalue weighted by molar-refractivity contribution is 0.0950. The van der Waals surface area contributed by atoms with Crippen molar-refractivity contribution in [2.24, 2.45) is 0 Å². The molecule has 3 rings (SSSR count). The van der Waals surface area contributed by atoms with Gasteiger partial charge in [-0.1, -0.05) is 30.3 Å². The smallest absolute Gasteiger partial charge is 0.253 e. The topological polar surface area (TPSA) is 80.4 Å². The molecule has 0 fully saturated rings. The molecular weight excluding hydrogens is 368 g/mol. The zero-order valence-electron chi connectivity index (χ0n) is 16.7. The van der Waals surface area contributed by atoms with Crippen LogP contribution in [0.4, 0.5) is 0 Å². The van der Waals surface area contributed by atoms with E-state index in [1.165, 1.54) is 7.11 Å². The Hall–Kier alpha value is -3.54.